The Labute approximate surface area is 104 Å². The van der Waals surface area contributed by atoms with Crippen molar-refractivity contribution in [3.63, 3.8) is 0 Å². The molecule has 0 amide bonds. The molecule has 2 heterocycles. The van der Waals surface area contributed by atoms with Gasteiger partial charge < -0.3 is 9.88 Å². The summed E-state index contributed by atoms with van der Waals surface area (Å²) in [5, 5.41) is 3.35. The molecular weight excluding hydrogens is 210 g/mol. The van der Waals surface area contributed by atoms with Crippen LogP contribution < -0.4 is 5.32 Å². The van der Waals surface area contributed by atoms with Gasteiger partial charge in [-0.15, -0.1) is 0 Å². The first-order chi connectivity index (χ1) is 8.31. The second-order valence-electron chi connectivity index (χ2n) is 4.89. The van der Waals surface area contributed by atoms with Gasteiger partial charge in [0.05, 0.1) is 6.33 Å². The first kappa shape index (κ1) is 12.4. The van der Waals surface area contributed by atoms with Crippen LogP contribution in [-0.4, -0.2) is 22.6 Å². The molecule has 0 fully saturated rings. The summed E-state index contributed by atoms with van der Waals surface area (Å²) in [5.74, 6) is 0.611. The zero-order valence-electron chi connectivity index (χ0n) is 10.9. The van der Waals surface area contributed by atoms with E-state index in [9.17, 15) is 0 Å². The van der Waals surface area contributed by atoms with Gasteiger partial charge in [-0.25, -0.2) is 4.98 Å². The Morgan fingerprint density at radius 1 is 1.53 bits per heavy atom. The number of rotatable bonds is 5. The van der Waals surface area contributed by atoms with Crippen molar-refractivity contribution in [1.29, 1.82) is 0 Å². The third-order valence-corrected chi connectivity index (χ3v) is 3.69. The topological polar surface area (TPSA) is 29.9 Å². The smallest absolute Gasteiger partial charge is 0.0948 e. The molecular formula is C14H23N3. The van der Waals surface area contributed by atoms with Crippen LogP contribution in [0.3, 0.4) is 0 Å². The number of imidazole rings is 1. The summed E-state index contributed by atoms with van der Waals surface area (Å²) in [5.41, 5.74) is 2.97. The van der Waals surface area contributed by atoms with Gasteiger partial charge in [-0.05, 0) is 31.7 Å². The average Bonchev–Trinajstić information content (AvgIpc) is 2.85. The Balaban J connectivity index is 1.94. The minimum atomic E-state index is 0.611. The molecule has 1 aromatic rings. The van der Waals surface area contributed by atoms with Crippen LogP contribution in [0.2, 0.25) is 0 Å². The Morgan fingerprint density at radius 2 is 2.41 bits per heavy atom. The van der Waals surface area contributed by atoms with Crippen LogP contribution >= 0.6 is 0 Å². The predicted octanol–water partition coefficient (Wildman–Crippen LogP) is 2.71. The Hall–Kier alpha value is -1.09. The maximum atomic E-state index is 4.29. The molecule has 1 N–H and O–H groups in total. The molecule has 1 aromatic heterocycles. The molecule has 94 valence electrons. The molecule has 0 radical (unpaired) electrons. The minimum Gasteiger partial charge on any atom is -0.334 e. The standard InChI is InChI=1S/C14H23N3/c1-3-12(2)14-10-16-11-17(14)9-6-13-4-7-15-8-5-13/h4,10-12,15H,3,5-9H2,1-2H3. The molecule has 1 aliphatic heterocycles. The summed E-state index contributed by atoms with van der Waals surface area (Å²) in [4.78, 5) is 4.29. The summed E-state index contributed by atoms with van der Waals surface area (Å²) in [6.45, 7) is 7.76. The van der Waals surface area contributed by atoms with E-state index in [1.165, 1.54) is 25.0 Å². The molecule has 2 rings (SSSR count). The van der Waals surface area contributed by atoms with E-state index in [-0.39, 0.29) is 0 Å². The van der Waals surface area contributed by atoms with E-state index in [1.54, 1.807) is 5.57 Å². The van der Waals surface area contributed by atoms with Crippen LogP contribution in [0.5, 0.6) is 0 Å². The van der Waals surface area contributed by atoms with E-state index in [4.69, 9.17) is 0 Å². The fourth-order valence-corrected chi connectivity index (χ4v) is 2.30. The normalized spacial score (nSPS) is 17.9. The quantitative estimate of drug-likeness (QED) is 0.792. The molecule has 0 aliphatic carbocycles. The molecule has 1 aliphatic rings. The van der Waals surface area contributed by atoms with Gasteiger partial charge in [0.1, 0.15) is 0 Å². The lowest BCUT2D eigenvalue weighted by molar-refractivity contribution is 0.584. The number of nitrogens with zero attached hydrogens (tertiary/aromatic N) is 2. The van der Waals surface area contributed by atoms with Crippen molar-refractivity contribution in [3.05, 3.63) is 29.9 Å². The molecule has 0 spiro atoms. The Kier molecular flexibility index (Phi) is 4.37. The summed E-state index contributed by atoms with van der Waals surface area (Å²) in [7, 11) is 0. The van der Waals surface area contributed by atoms with Gasteiger partial charge in [-0.2, -0.15) is 0 Å². The lowest BCUT2D eigenvalue weighted by atomic mass is 10.0. The maximum absolute atomic E-state index is 4.29. The van der Waals surface area contributed by atoms with E-state index in [0.717, 1.165) is 19.6 Å². The molecule has 1 atom stereocenters. The molecule has 17 heavy (non-hydrogen) atoms. The highest BCUT2D eigenvalue weighted by atomic mass is 15.0. The number of aryl methyl sites for hydroxylation is 1. The number of hydrogen-bond donors (Lipinski definition) is 1. The van der Waals surface area contributed by atoms with Crippen molar-refractivity contribution in [2.75, 3.05) is 13.1 Å². The van der Waals surface area contributed by atoms with Crippen molar-refractivity contribution in [2.45, 2.75) is 45.6 Å². The molecule has 0 saturated heterocycles. The van der Waals surface area contributed by atoms with E-state index in [1.807, 2.05) is 12.5 Å². The minimum absolute atomic E-state index is 0.611. The highest BCUT2D eigenvalue weighted by Crippen LogP contribution is 2.19. The van der Waals surface area contributed by atoms with Crippen LogP contribution in [0.25, 0.3) is 0 Å². The largest absolute Gasteiger partial charge is 0.334 e. The highest BCUT2D eigenvalue weighted by molar-refractivity contribution is 5.09. The first-order valence-corrected chi connectivity index (χ1v) is 6.70. The van der Waals surface area contributed by atoms with Crippen LogP contribution in [0.1, 0.15) is 44.7 Å². The second kappa shape index (κ2) is 6.01. The average molecular weight is 233 g/mol. The monoisotopic (exact) mass is 233 g/mol. The molecule has 3 heteroatoms. The van der Waals surface area contributed by atoms with E-state index >= 15 is 0 Å². The molecule has 0 saturated carbocycles. The van der Waals surface area contributed by atoms with Crippen LogP contribution in [0.15, 0.2) is 24.2 Å². The first-order valence-electron chi connectivity index (χ1n) is 6.70. The summed E-state index contributed by atoms with van der Waals surface area (Å²) in [6, 6.07) is 0. The lowest BCUT2D eigenvalue weighted by Gasteiger charge is -2.16. The van der Waals surface area contributed by atoms with Crippen molar-refractivity contribution in [2.24, 2.45) is 0 Å². The SMILES string of the molecule is CCC(C)c1cncn1CCC1=CCNCC1. The van der Waals surface area contributed by atoms with Crippen LogP contribution in [0.4, 0.5) is 0 Å². The fraction of sp³-hybridized carbons (Fsp3) is 0.643. The molecule has 1 unspecified atom stereocenters. The van der Waals surface area contributed by atoms with E-state index < -0.39 is 0 Å². The van der Waals surface area contributed by atoms with Crippen molar-refractivity contribution < 1.29 is 0 Å². The third kappa shape index (κ3) is 3.19. The van der Waals surface area contributed by atoms with Crippen molar-refractivity contribution in [1.82, 2.24) is 14.9 Å². The number of hydrogen-bond acceptors (Lipinski definition) is 2. The Bertz CT molecular complexity index is 379. The second-order valence-corrected chi connectivity index (χ2v) is 4.89. The number of aromatic nitrogens is 2. The van der Waals surface area contributed by atoms with E-state index in [2.05, 4.69) is 34.8 Å². The van der Waals surface area contributed by atoms with Crippen LogP contribution in [0, 0.1) is 0 Å². The molecule has 0 bridgehead atoms. The zero-order valence-corrected chi connectivity index (χ0v) is 10.9. The van der Waals surface area contributed by atoms with Gasteiger partial charge in [0, 0.05) is 25.0 Å². The van der Waals surface area contributed by atoms with Crippen molar-refractivity contribution in [3.8, 4) is 0 Å². The van der Waals surface area contributed by atoms with Gasteiger partial charge in [-0.3, -0.25) is 0 Å². The van der Waals surface area contributed by atoms with Gasteiger partial charge >= 0.3 is 0 Å². The maximum Gasteiger partial charge on any atom is 0.0948 e. The summed E-state index contributed by atoms with van der Waals surface area (Å²) in [6.07, 6.45) is 9.88. The summed E-state index contributed by atoms with van der Waals surface area (Å²) < 4.78 is 2.32. The van der Waals surface area contributed by atoms with Gasteiger partial charge in [0.25, 0.3) is 0 Å². The van der Waals surface area contributed by atoms with Crippen molar-refractivity contribution >= 4 is 0 Å². The van der Waals surface area contributed by atoms with E-state index in [0.29, 0.717) is 5.92 Å². The molecule has 0 aromatic carbocycles. The Morgan fingerprint density at radius 3 is 3.12 bits per heavy atom. The van der Waals surface area contributed by atoms with Crippen LogP contribution in [-0.2, 0) is 6.54 Å². The number of nitrogens with one attached hydrogen (secondary N) is 1. The van der Waals surface area contributed by atoms with Gasteiger partial charge in [0.15, 0.2) is 0 Å². The van der Waals surface area contributed by atoms with Gasteiger partial charge in [0.2, 0.25) is 0 Å². The third-order valence-electron chi connectivity index (χ3n) is 3.69. The predicted molar refractivity (Wildman–Crippen MR) is 71.1 cm³/mol. The van der Waals surface area contributed by atoms with Gasteiger partial charge in [-0.1, -0.05) is 25.5 Å². The fourth-order valence-electron chi connectivity index (χ4n) is 2.30. The zero-order chi connectivity index (χ0) is 12.1. The molecule has 3 nitrogen and oxygen atoms in total. The summed E-state index contributed by atoms with van der Waals surface area (Å²) >= 11 is 0. The lowest BCUT2D eigenvalue weighted by Crippen LogP contribution is -2.21. The highest BCUT2D eigenvalue weighted by Gasteiger charge is 2.10.